The molecule has 0 spiro atoms. The molecular weight excluding hydrogens is 729 g/mol. The van der Waals surface area contributed by atoms with E-state index in [1.165, 1.54) is 0 Å². The number of hydrogen-bond donors (Lipinski definition) is 0. The molecule has 3 aliphatic rings. The zero-order valence-electron chi connectivity index (χ0n) is 22.3. The van der Waals surface area contributed by atoms with Crippen molar-refractivity contribution in [2.75, 3.05) is 20.4 Å². The smallest absolute Gasteiger partial charge is 0.790 e. The molecule has 0 amide bonds. The van der Waals surface area contributed by atoms with E-state index in [0.717, 1.165) is 13.8 Å². The van der Waals surface area contributed by atoms with Crippen molar-refractivity contribution in [1.82, 2.24) is 0 Å². The van der Waals surface area contributed by atoms with Crippen LogP contribution in [0.3, 0.4) is 0 Å². The molecule has 31 heteroatoms. The van der Waals surface area contributed by atoms with E-state index in [2.05, 4.69) is 31.2 Å². The van der Waals surface area contributed by atoms with Crippen molar-refractivity contribution in [2.45, 2.75) is 36.6 Å². The molecule has 0 aromatic rings. The van der Waals surface area contributed by atoms with Crippen molar-refractivity contribution < 1.29 is 240 Å². The third-order valence-electron chi connectivity index (χ3n) is 4.35. The van der Waals surface area contributed by atoms with Gasteiger partial charge in [0.25, 0.3) is 23.5 Å². The zero-order valence-corrected chi connectivity index (χ0v) is 37.7. The van der Waals surface area contributed by atoms with Gasteiger partial charge in [-0.15, -0.1) is 0 Å². The third kappa shape index (κ3) is 14.4. The van der Waals surface area contributed by atoms with Crippen molar-refractivity contribution in [3.8, 4) is 0 Å². The maximum atomic E-state index is 12.5. The largest absolute Gasteiger partial charge is 1.00 e. The van der Waals surface area contributed by atoms with Gasteiger partial charge in [-0.05, 0) is 0 Å². The third-order valence-corrected chi connectivity index (χ3v) is 11.9. The summed E-state index contributed by atoms with van der Waals surface area (Å²) in [6.45, 7) is 1.33. The molecule has 11 atom stereocenters. The van der Waals surface area contributed by atoms with E-state index in [0.29, 0.717) is 6.66 Å². The molecule has 3 fully saturated rings. The van der Waals surface area contributed by atoms with Gasteiger partial charge in [-0.1, -0.05) is 0 Å². The predicted molar refractivity (Wildman–Crippen MR) is 95.9 cm³/mol. The second-order valence-electron chi connectivity index (χ2n) is 7.10. The average molecular weight is 744 g/mol. The molecule has 0 N–H and O–H groups in total. The van der Waals surface area contributed by atoms with Gasteiger partial charge in [0.15, 0.2) is 0 Å². The molecule has 40 heavy (non-hydrogen) atoms. The summed E-state index contributed by atoms with van der Waals surface area (Å²) in [7, 11) is -31.9. The fourth-order valence-electron chi connectivity index (χ4n) is 3.30. The molecule has 0 radical (unpaired) electrons. The first-order valence-electron chi connectivity index (χ1n) is 8.73. The molecule has 0 bridgehead atoms. The van der Waals surface area contributed by atoms with Crippen LogP contribution in [0.1, 0.15) is 0 Å². The Morgan fingerprint density at radius 2 is 1.00 bits per heavy atom. The molecule has 206 valence electrons. The van der Waals surface area contributed by atoms with Crippen LogP contribution in [-0.2, 0) is 67.7 Å². The van der Waals surface area contributed by atoms with Gasteiger partial charge >= 0.3 is 163 Å². The fourth-order valence-corrected chi connectivity index (χ4v) is 9.96. The first-order valence-corrected chi connectivity index (χ1v) is 18.6. The van der Waals surface area contributed by atoms with Crippen molar-refractivity contribution in [2.24, 2.45) is 0 Å². The van der Waals surface area contributed by atoms with E-state index in [-0.39, 0.29) is 148 Å². The summed E-state index contributed by atoms with van der Waals surface area (Å²) >= 11 is 0. The van der Waals surface area contributed by atoms with Crippen LogP contribution >= 0.6 is 46.5 Å². The van der Waals surface area contributed by atoms with Gasteiger partial charge in [0.2, 0.25) is 0 Å². The van der Waals surface area contributed by atoms with Crippen LogP contribution in [0, 0.1) is 0 Å². The van der Waals surface area contributed by atoms with Gasteiger partial charge in [-0.2, -0.15) is 0 Å². The summed E-state index contributed by atoms with van der Waals surface area (Å²) in [5, 5.41) is 0. The maximum Gasteiger partial charge on any atom is 1.00 e. The summed E-state index contributed by atoms with van der Waals surface area (Å²) in [5.74, 6) is 0. The molecule has 2 saturated heterocycles. The molecule has 2 heterocycles. The van der Waals surface area contributed by atoms with Crippen molar-refractivity contribution >= 4 is 46.5 Å². The molecule has 20 nitrogen and oxygen atoms in total. The van der Waals surface area contributed by atoms with Crippen LogP contribution < -0.4 is 172 Å². The number of phosphoric acid groups is 4. The van der Waals surface area contributed by atoms with E-state index in [4.69, 9.17) is 9.05 Å². The van der Waals surface area contributed by atoms with Gasteiger partial charge in [0, 0.05) is 20.4 Å². The Hall–Kier alpha value is 5.82. The van der Waals surface area contributed by atoms with E-state index in [1.807, 2.05) is 0 Å². The molecule has 1 aliphatic carbocycles. The Labute approximate surface area is 338 Å². The first-order chi connectivity index (χ1) is 15.5. The number of fused-ring (bicyclic) bond motifs is 3. The Kier molecular flexibility index (Phi) is 22.8. The normalized spacial score (nSPS) is 44.4. The molecule has 3 rings (SSSR count). The summed E-state index contributed by atoms with van der Waals surface area (Å²) in [4.78, 5) is 59.2. The second-order valence-corrected chi connectivity index (χ2v) is 16.7. The predicted octanol–water partition coefficient (Wildman–Crippen LogP) is -17.1. The van der Waals surface area contributed by atoms with Crippen molar-refractivity contribution in [1.29, 1.82) is 0 Å². The molecule has 0 aromatic heterocycles. The van der Waals surface area contributed by atoms with Gasteiger partial charge in [0.05, 0.1) is 7.82 Å². The van der Waals surface area contributed by atoms with Crippen LogP contribution in [0.5, 0.6) is 0 Å². The fraction of sp³-hybridized carbons (Fsp3) is 1.00. The van der Waals surface area contributed by atoms with Crippen LogP contribution in [-0.4, -0.2) is 57.1 Å². The van der Waals surface area contributed by atoms with Gasteiger partial charge in [0.1, 0.15) is 36.6 Å². The van der Waals surface area contributed by atoms with Crippen LogP contribution in [0.2, 0.25) is 0 Å². The monoisotopic (exact) mass is 744 g/mol. The Morgan fingerprint density at radius 1 is 0.650 bits per heavy atom. The topological polar surface area (TPSA) is 301 Å². The molecule has 11 unspecified atom stereocenters. The Morgan fingerprint density at radius 3 is 1.40 bits per heavy atom. The number of rotatable bonds is 5. The van der Waals surface area contributed by atoms with Gasteiger partial charge in [-0.3, -0.25) is 31.9 Å². The Balaban J connectivity index is -0.00000274. The second kappa shape index (κ2) is 18.2. The summed E-state index contributed by atoms with van der Waals surface area (Å²) in [5.41, 5.74) is 0. The minimum absolute atomic E-state index is 0. The first kappa shape index (κ1) is 50.2. The maximum absolute atomic E-state index is 12.5. The quantitative estimate of drug-likeness (QED) is 0.186. The summed E-state index contributed by atoms with van der Waals surface area (Å²) < 4.78 is 113. The SMILES string of the molecule is COP(C)(=O)OC1C(OP(=O)([O-])[O-])C2OP(C)(=O)OP(=O)([O-])OC2C2OP(=O)([O-])OP(=O)([O-])OC12.[Na+].[Na+].[Na+].[Na+].[Na+]. The van der Waals surface area contributed by atoms with E-state index >= 15 is 0 Å². The van der Waals surface area contributed by atoms with Gasteiger partial charge in [-0.25, -0.2) is 8.62 Å². The van der Waals surface area contributed by atoms with Crippen LogP contribution in [0.4, 0.5) is 0 Å². The van der Waals surface area contributed by atoms with Crippen molar-refractivity contribution in [3.63, 3.8) is 0 Å². The number of phosphoric ester groups is 4. The van der Waals surface area contributed by atoms with Gasteiger partial charge < -0.3 is 51.7 Å². The van der Waals surface area contributed by atoms with E-state index < -0.39 is 83.1 Å². The molecule has 1 saturated carbocycles. The molecular formula is C9H15Na5O20P6. The van der Waals surface area contributed by atoms with E-state index in [9.17, 15) is 51.9 Å². The van der Waals surface area contributed by atoms with Crippen LogP contribution in [0.25, 0.3) is 0 Å². The van der Waals surface area contributed by atoms with E-state index in [1.54, 1.807) is 0 Å². The minimum Gasteiger partial charge on any atom is -0.790 e. The standard InChI is InChI=1S/C9H20O20P6.5Na/c1-21-30(2,10)22-4-6(24-32(12,13)14)5-8(25-33(15,16)28-31(3,11)23-5)9-7(4)26-34(17,18)29-35(19,20)27-9;;;;;/h4-9H,1-3H3,(H,15,16)(H,17,18)(H,19,20)(H2,12,13,14);;;;;/q;5*+1/p-5. The summed E-state index contributed by atoms with van der Waals surface area (Å²) in [6.07, 6.45) is -14.8. The van der Waals surface area contributed by atoms with Crippen LogP contribution in [0.15, 0.2) is 0 Å². The Bertz CT molecular complexity index is 1150. The average Bonchev–Trinajstić information content (AvgIpc) is 2.76. The molecule has 2 aliphatic heterocycles. The summed E-state index contributed by atoms with van der Waals surface area (Å²) in [6, 6.07) is 0. The number of hydrogen-bond acceptors (Lipinski definition) is 20. The van der Waals surface area contributed by atoms with Crippen molar-refractivity contribution in [3.05, 3.63) is 0 Å². The molecule has 0 aromatic carbocycles. The zero-order chi connectivity index (χ0) is 26.8. The minimum atomic E-state index is -6.13.